The van der Waals surface area contributed by atoms with Crippen molar-refractivity contribution in [1.29, 1.82) is 0 Å². The monoisotopic (exact) mass is 443 g/mol. The fourth-order valence-electron chi connectivity index (χ4n) is 4.60. The molecule has 2 fully saturated rings. The molecule has 176 valence electrons. The van der Waals surface area contributed by atoms with Crippen LogP contribution < -0.4 is 10.6 Å². The van der Waals surface area contributed by atoms with Crippen LogP contribution >= 0.6 is 0 Å². The average molecular weight is 444 g/mol. The van der Waals surface area contributed by atoms with Crippen LogP contribution in [0.25, 0.3) is 0 Å². The van der Waals surface area contributed by atoms with Gasteiger partial charge >= 0.3 is 6.09 Å². The van der Waals surface area contributed by atoms with Crippen LogP contribution in [-0.2, 0) is 20.9 Å². The second kappa shape index (κ2) is 10.8. The number of piperidine rings is 1. The van der Waals surface area contributed by atoms with Crippen LogP contribution in [0.4, 0.5) is 4.79 Å². The number of carbonyl (C=O) groups excluding carboxylic acids is 3. The van der Waals surface area contributed by atoms with Crippen LogP contribution in [-0.4, -0.2) is 47.5 Å². The van der Waals surface area contributed by atoms with Crippen LogP contribution in [0.1, 0.15) is 64.9 Å². The lowest BCUT2D eigenvalue weighted by molar-refractivity contribution is -0.136. The highest BCUT2D eigenvalue weighted by molar-refractivity contribution is 5.80. The van der Waals surface area contributed by atoms with Crippen LogP contribution in [0.5, 0.6) is 0 Å². The van der Waals surface area contributed by atoms with Crippen LogP contribution in [0, 0.1) is 11.8 Å². The van der Waals surface area contributed by atoms with Crippen LogP contribution in [0.3, 0.4) is 0 Å². The van der Waals surface area contributed by atoms with Crippen molar-refractivity contribution in [2.24, 2.45) is 11.8 Å². The molecule has 7 heteroatoms. The zero-order valence-electron chi connectivity index (χ0n) is 19.6. The Morgan fingerprint density at radius 2 is 1.72 bits per heavy atom. The second-order valence-corrected chi connectivity index (χ2v) is 10.0. The second-order valence-electron chi connectivity index (χ2n) is 10.0. The largest absolute Gasteiger partial charge is 0.444 e. The number of nitrogens with one attached hydrogen (secondary N) is 2. The molecule has 3 rings (SSSR count). The maximum Gasteiger partial charge on any atom is 0.407 e. The van der Waals surface area contributed by atoms with Crippen molar-refractivity contribution in [1.82, 2.24) is 15.5 Å². The molecule has 32 heavy (non-hydrogen) atoms. The van der Waals surface area contributed by atoms with E-state index in [0.29, 0.717) is 38.9 Å². The third kappa shape index (κ3) is 7.24. The number of hydrogen-bond acceptors (Lipinski definition) is 4. The first-order valence-corrected chi connectivity index (χ1v) is 11.8. The first-order valence-electron chi connectivity index (χ1n) is 11.8. The number of amides is 3. The molecule has 1 aliphatic carbocycles. The maximum atomic E-state index is 12.9. The van der Waals surface area contributed by atoms with Gasteiger partial charge in [-0.05, 0) is 57.9 Å². The highest BCUT2D eigenvalue weighted by atomic mass is 16.6. The lowest BCUT2D eigenvalue weighted by Crippen LogP contribution is -2.45. The summed E-state index contributed by atoms with van der Waals surface area (Å²) >= 11 is 0. The summed E-state index contributed by atoms with van der Waals surface area (Å²) in [5.41, 5.74) is 0.547. The molecule has 0 unspecified atom stereocenters. The van der Waals surface area contributed by atoms with Gasteiger partial charge in [0.15, 0.2) is 0 Å². The smallest absolute Gasteiger partial charge is 0.407 e. The van der Waals surface area contributed by atoms with Crippen molar-refractivity contribution < 1.29 is 19.1 Å². The number of likely N-dealkylation sites (tertiary alicyclic amines) is 1. The third-order valence-corrected chi connectivity index (χ3v) is 6.33. The Morgan fingerprint density at radius 1 is 1.03 bits per heavy atom. The zero-order chi connectivity index (χ0) is 23.1. The fraction of sp³-hybridized carbons (Fsp3) is 0.640. The lowest BCUT2D eigenvalue weighted by Gasteiger charge is -2.33. The highest BCUT2D eigenvalue weighted by Crippen LogP contribution is 2.30. The number of alkyl carbamates (subject to hydrolysis) is 1. The number of nitrogens with zero attached hydrogens (tertiary/aromatic N) is 1. The van der Waals surface area contributed by atoms with E-state index in [1.807, 2.05) is 56.0 Å². The van der Waals surface area contributed by atoms with Crippen molar-refractivity contribution in [3.8, 4) is 0 Å². The van der Waals surface area contributed by atoms with E-state index in [4.69, 9.17) is 4.74 Å². The van der Waals surface area contributed by atoms with Gasteiger partial charge in [-0.25, -0.2) is 4.79 Å². The normalized spacial score (nSPS) is 21.8. The minimum absolute atomic E-state index is 0.0184. The van der Waals surface area contributed by atoms with Crippen molar-refractivity contribution >= 4 is 17.9 Å². The third-order valence-electron chi connectivity index (χ3n) is 6.33. The molecule has 7 nitrogen and oxygen atoms in total. The number of benzene rings is 1. The minimum Gasteiger partial charge on any atom is -0.444 e. The predicted octanol–water partition coefficient (Wildman–Crippen LogP) is 3.62. The summed E-state index contributed by atoms with van der Waals surface area (Å²) in [5, 5.41) is 5.98. The molecule has 1 aromatic carbocycles. The quantitative estimate of drug-likeness (QED) is 0.703. The van der Waals surface area contributed by atoms with Crippen molar-refractivity contribution in [2.75, 3.05) is 13.1 Å². The Hall–Kier alpha value is -2.57. The van der Waals surface area contributed by atoms with Gasteiger partial charge in [-0.2, -0.15) is 0 Å². The number of hydrogen-bond donors (Lipinski definition) is 2. The molecule has 0 bridgehead atoms. The van der Waals surface area contributed by atoms with E-state index < -0.39 is 11.7 Å². The molecule has 2 aliphatic rings. The van der Waals surface area contributed by atoms with Gasteiger partial charge < -0.3 is 20.3 Å². The first kappa shape index (κ1) is 24.1. The van der Waals surface area contributed by atoms with Crippen LogP contribution in [0.2, 0.25) is 0 Å². The van der Waals surface area contributed by atoms with E-state index in [1.54, 1.807) is 0 Å². The number of ether oxygens (including phenoxy) is 1. The molecule has 1 aromatic rings. The van der Waals surface area contributed by atoms with E-state index in [-0.39, 0.29) is 29.7 Å². The molecule has 0 spiro atoms. The van der Waals surface area contributed by atoms with E-state index in [2.05, 4.69) is 10.6 Å². The van der Waals surface area contributed by atoms with E-state index in [1.165, 1.54) is 0 Å². The topological polar surface area (TPSA) is 87.7 Å². The Balaban J connectivity index is 1.41. The minimum atomic E-state index is -0.536. The summed E-state index contributed by atoms with van der Waals surface area (Å²) in [5.74, 6) is 0.284. The van der Waals surface area contributed by atoms with Gasteiger partial charge in [-0.1, -0.05) is 36.8 Å². The SMILES string of the molecule is CC(C)(C)OC(=O)N[C@@H]1CCC[C@H]1CC(=O)N1CCC(C(=O)NCc2ccccc2)CC1. The fourth-order valence-corrected chi connectivity index (χ4v) is 4.60. The van der Waals surface area contributed by atoms with Gasteiger partial charge in [0.2, 0.25) is 11.8 Å². The molecule has 2 atom stereocenters. The maximum absolute atomic E-state index is 12.9. The summed E-state index contributed by atoms with van der Waals surface area (Å²) < 4.78 is 5.37. The summed E-state index contributed by atoms with van der Waals surface area (Å²) in [6.45, 7) is 7.28. The molecule has 3 amide bonds. The zero-order valence-corrected chi connectivity index (χ0v) is 19.6. The number of rotatable bonds is 6. The molecule has 1 aliphatic heterocycles. The number of carbonyl (C=O) groups is 3. The lowest BCUT2D eigenvalue weighted by atomic mass is 9.94. The van der Waals surface area contributed by atoms with Crippen molar-refractivity contribution in [3.05, 3.63) is 35.9 Å². The van der Waals surface area contributed by atoms with Gasteiger partial charge in [-0.15, -0.1) is 0 Å². The van der Waals surface area contributed by atoms with Gasteiger partial charge in [0.05, 0.1) is 0 Å². The summed E-state index contributed by atoms with van der Waals surface area (Å²) in [6.07, 6.45) is 4.22. The molecular weight excluding hydrogens is 406 g/mol. The molecule has 1 saturated carbocycles. The van der Waals surface area contributed by atoms with Crippen molar-refractivity contribution in [2.45, 2.75) is 77.5 Å². The molecule has 1 saturated heterocycles. The summed E-state index contributed by atoms with van der Waals surface area (Å²) in [4.78, 5) is 39.4. The van der Waals surface area contributed by atoms with Gasteiger partial charge in [-0.3, -0.25) is 9.59 Å². The molecule has 0 radical (unpaired) electrons. The molecular formula is C25H37N3O4. The van der Waals surface area contributed by atoms with Gasteiger partial charge in [0, 0.05) is 38.0 Å². The molecule has 1 heterocycles. The summed E-state index contributed by atoms with van der Waals surface area (Å²) in [6, 6.07) is 9.85. The van der Waals surface area contributed by atoms with E-state index in [9.17, 15) is 14.4 Å². The van der Waals surface area contributed by atoms with Gasteiger partial charge in [0.25, 0.3) is 0 Å². The highest BCUT2D eigenvalue weighted by Gasteiger charge is 2.34. The van der Waals surface area contributed by atoms with E-state index >= 15 is 0 Å². The standard InChI is InChI=1S/C25H37N3O4/c1-25(2,3)32-24(31)27-21-11-7-10-20(21)16-22(29)28-14-12-19(13-15-28)23(30)26-17-18-8-5-4-6-9-18/h4-6,8-9,19-21H,7,10-17H2,1-3H3,(H,26,30)(H,27,31)/t20-,21+/m0/s1. The summed E-state index contributed by atoms with van der Waals surface area (Å²) in [7, 11) is 0. The van der Waals surface area contributed by atoms with Crippen molar-refractivity contribution in [3.63, 3.8) is 0 Å². The van der Waals surface area contributed by atoms with Gasteiger partial charge in [0.1, 0.15) is 5.60 Å². The van der Waals surface area contributed by atoms with E-state index in [0.717, 1.165) is 24.8 Å². The Bertz CT molecular complexity index is 782. The molecule has 2 N–H and O–H groups in total. The first-order chi connectivity index (χ1) is 15.2. The van der Waals surface area contributed by atoms with Crippen LogP contribution in [0.15, 0.2) is 30.3 Å². The molecule has 0 aromatic heterocycles. The Morgan fingerprint density at radius 3 is 2.38 bits per heavy atom. The Labute approximate surface area is 191 Å². The Kier molecular flexibility index (Phi) is 8.15. The predicted molar refractivity (Wildman–Crippen MR) is 123 cm³/mol. The average Bonchev–Trinajstić information content (AvgIpc) is 3.17.